The fourth-order valence-electron chi connectivity index (χ4n) is 3.50. The Labute approximate surface area is 189 Å². The van der Waals surface area contributed by atoms with Gasteiger partial charge in [0.15, 0.2) is 0 Å². The molecule has 4 rings (SSSR count). The maximum atomic E-state index is 12.7. The van der Waals surface area contributed by atoms with E-state index in [4.69, 9.17) is 16.3 Å². The first kappa shape index (κ1) is 21.4. The van der Waals surface area contributed by atoms with Gasteiger partial charge in [-0.05, 0) is 48.5 Å². The molecule has 8 heteroatoms. The molecule has 0 fully saturated rings. The van der Waals surface area contributed by atoms with Gasteiger partial charge >= 0.3 is 0 Å². The van der Waals surface area contributed by atoms with Crippen LogP contribution in [0.25, 0.3) is 0 Å². The number of ether oxygens (including phenoxy) is 1. The molecular formula is C24H20ClN3O4. The van der Waals surface area contributed by atoms with Gasteiger partial charge in [0.1, 0.15) is 5.75 Å². The van der Waals surface area contributed by atoms with Crippen molar-refractivity contribution in [3.05, 3.63) is 82.9 Å². The Hall–Kier alpha value is -3.84. The molecule has 1 aliphatic heterocycles. The van der Waals surface area contributed by atoms with Crippen molar-refractivity contribution in [2.75, 3.05) is 29.2 Å². The van der Waals surface area contributed by atoms with Gasteiger partial charge in [-0.3, -0.25) is 14.4 Å². The normalized spacial score (nSPS) is 12.5. The highest BCUT2D eigenvalue weighted by Gasteiger charge is 2.36. The molecular weight excluding hydrogens is 430 g/mol. The van der Waals surface area contributed by atoms with Crippen LogP contribution in [0.1, 0.15) is 27.1 Å². The van der Waals surface area contributed by atoms with Gasteiger partial charge < -0.3 is 15.4 Å². The number of carbonyl (C=O) groups is 3. The molecule has 0 radical (unpaired) electrons. The van der Waals surface area contributed by atoms with Crippen molar-refractivity contribution >= 4 is 46.4 Å². The molecule has 3 aromatic carbocycles. The van der Waals surface area contributed by atoms with Crippen LogP contribution in [0.2, 0.25) is 5.02 Å². The number of hydrogen-bond donors (Lipinski definition) is 2. The van der Waals surface area contributed by atoms with Gasteiger partial charge in [0.05, 0.1) is 29.6 Å². The van der Waals surface area contributed by atoms with Crippen LogP contribution in [-0.4, -0.2) is 31.4 Å². The van der Waals surface area contributed by atoms with Crippen LogP contribution in [0.5, 0.6) is 5.75 Å². The zero-order chi connectivity index (χ0) is 22.7. The first-order valence-corrected chi connectivity index (χ1v) is 10.3. The Morgan fingerprint density at radius 2 is 1.69 bits per heavy atom. The highest BCUT2D eigenvalue weighted by atomic mass is 35.5. The highest BCUT2D eigenvalue weighted by molar-refractivity contribution is 6.34. The molecule has 0 atom stereocenters. The van der Waals surface area contributed by atoms with Crippen molar-refractivity contribution in [3.63, 3.8) is 0 Å². The van der Waals surface area contributed by atoms with Crippen LogP contribution in [0.3, 0.4) is 0 Å². The average molecular weight is 450 g/mol. The quantitative estimate of drug-likeness (QED) is 0.515. The summed E-state index contributed by atoms with van der Waals surface area (Å²) in [6, 6.07) is 18.5. The molecule has 0 saturated heterocycles. The Morgan fingerprint density at radius 3 is 2.38 bits per heavy atom. The van der Waals surface area contributed by atoms with Crippen molar-refractivity contribution < 1.29 is 19.1 Å². The lowest BCUT2D eigenvalue weighted by atomic mass is 10.1. The molecule has 32 heavy (non-hydrogen) atoms. The predicted octanol–water partition coefficient (Wildman–Crippen LogP) is 4.59. The van der Waals surface area contributed by atoms with Gasteiger partial charge in [-0.25, -0.2) is 4.90 Å². The fourth-order valence-corrected chi connectivity index (χ4v) is 3.67. The number of nitrogens with one attached hydrogen (secondary N) is 2. The number of rotatable bonds is 7. The molecule has 1 aliphatic rings. The van der Waals surface area contributed by atoms with E-state index in [9.17, 15) is 14.4 Å². The first-order valence-electron chi connectivity index (χ1n) is 9.93. The van der Waals surface area contributed by atoms with Crippen LogP contribution in [-0.2, 0) is 4.79 Å². The molecule has 1 heterocycles. The van der Waals surface area contributed by atoms with E-state index >= 15 is 0 Å². The van der Waals surface area contributed by atoms with Crippen LogP contribution < -0.4 is 20.3 Å². The molecule has 0 aliphatic carbocycles. The van der Waals surface area contributed by atoms with E-state index in [0.29, 0.717) is 45.5 Å². The van der Waals surface area contributed by atoms with E-state index < -0.39 is 0 Å². The second-order valence-corrected chi connectivity index (χ2v) is 7.55. The van der Waals surface area contributed by atoms with Crippen molar-refractivity contribution in [2.45, 2.75) is 6.42 Å². The molecule has 0 saturated carbocycles. The van der Waals surface area contributed by atoms with E-state index in [1.54, 1.807) is 73.8 Å². The van der Waals surface area contributed by atoms with Gasteiger partial charge in [-0.15, -0.1) is 0 Å². The molecule has 162 valence electrons. The molecule has 0 spiro atoms. The number of hydrogen-bond acceptors (Lipinski definition) is 5. The Balaban J connectivity index is 1.39. The van der Waals surface area contributed by atoms with Crippen LogP contribution in [0.15, 0.2) is 66.7 Å². The summed E-state index contributed by atoms with van der Waals surface area (Å²) < 4.78 is 5.27. The van der Waals surface area contributed by atoms with Gasteiger partial charge in [-0.1, -0.05) is 29.8 Å². The Bertz CT molecular complexity index is 1180. The molecule has 0 bridgehead atoms. The van der Waals surface area contributed by atoms with E-state index in [0.717, 1.165) is 4.90 Å². The topological polar surface area (TPSA) is 87.7 Å². The molecule has 0 unspecified atom stereocenters. The SMILES string of the molecule is COc1ccc(Cl)cc1NCCC(=O)Nc1cccc(N2C(=O)c3ccccc3C2=O)c1. The van der Waals surface area contributed by atoms with Crippen molar-refractivity contribution in [1.29, 1.82) is 0 Å². The summed E-state index contributed by atoms with van der Waals surface area (Å²) in [6.07, 6.45) is 0.187. The lowest BCUT2D eigenvalue weighted by Crippen LogP contribution is -2.29. The average Bonchev–Trinajstić information content (AvgIpc) is 3.04. The summed E-state index contributed by atoms with van der Waals surface area (Å²) >= 11 is 6.01. The minimum absolute atomic E-state index is 0.187. The zero-order valence-corrected chi connectivity index (χ0v) is 18.0. The highest BCUT2D eigenvalue weighted by Crippen LogP contribution is 2.30. The zero-order valence-electron chi connectivity index (χ0n) is 17.2. The number of anilines is 3. The van der Waals surface area contributed by atoms with Gasteiger partial charge in [0.25, 0.3) is 11.8 Å². The van der Waals surface area contributed by atoms with E-state index in [-0.39, 0.29) is 24.1 Å². The van der Waals surface area contributed by atoms with Gasteiger partial charge in [0.2, 0.25) is 5.91 Å². The first-order chi connectivity index (χ1) is 15.5. The number of methoxy groups -OCH3 is 1. The summed E-state index contributed by atoms with van der Waals surface area (Å²) in [5.74, 6) is -0.357. The molecule has 3 aromatic rings. The van der Waals surface area contributed by atoms with Crippen LogP contribution in [0, 0.1) is 0 Å². The third-order valence-electron chi connectivity index (χ3n) is 5.01. The summed E-state index contributed by atoms with van der Waals surface area (Å²) in [4.78, 5) is 38.9. The second kappa shape index (κ2) is 9.11. The maximum absolute atomic E-state index is 12.7. The lowest BCUT2D eigenvalue weighted by Gasteiger charge is -2.15. The van der Waals surface area contributed by atoms with Gasteiger partial charge in [-0.2, -0.15) is 0 Å². The van der Waals surface area contributed by atoms with E-state index in [2.05, 4.69) is 10.6 Å². The van der Waals surface area contributed by atoms with Crippen molar-refractivity contribution in [2.24, 2.45) is 0 Å². The molecule has 3 amide bonds. The Kier molecular flexibility index (Phi) is 6.09. The number of fused-ring (bicyclic) bond motifs is 1. The molecule has 0 aromatic heterocycles. The number of amides is 3. The fraction of sp³-hybridized carbons (Fsp3) is 0.125. The number of carbonyl (C=O) groups excluding carboxylic acids is 3. The lowest BCUT2D eigenvalue weighted by molar-refractivity contribution is -0.115. The van der Waals surface area contributed by atoms with Crippen LogP contribution >= 0.6 is 11.6 Å². The largest absolute Gasteiger partial charge is 0.495 e. The predicted molar refractivity (Wildman–Crippen MR) is 124 cm³/mol. The monoisotopic (exact) mass is 449 g/mol. The minimum Gasteiger partial charge on any atom is -0.495 e. The third kappa shape index (κ3) is 4.29. The summed E-state index contributed by atoms with van der Waals surface area (Å²) in [5, 5.41) is 6.49. The van der Waals surface area contributed by atoms with Crippen LogP contribution in [0.4, 0.5) is 17.1 Å². The molecule has 2 N–H and O–H groups in total. The summed E-state index contributed by atoms with van der Waals surface area (Å²) in [7, 11) is 1.56. The smallest absolute Gasteiger partial charge is 0.266 e. The van der Waals surface area contributed by atoms with Crippen molar-refractivity contribution in [3.8, 4) is 5.75 Å². The van der Waals surface area contributed by atoms with Gasteiger partial charge in [0, 0.05) is 23.7 Å². The minimum atomic E-state index is -0.381. The number of benzene rings is 3. The third-order valence-corrected chi connectivity index (χ3v) is 5.25. The molecule has 7 nitrogen and oxygen atoms in total. The number of nitrogens with zero attached hydrogens (tertiary/aromatic N) is 1. The van der Waals surface area contributed by atoms with E-state index in [1.807, 2.05) is 0 Å². The maximum Gasteiger partial charge on any atom is 0.266 e. The number of halogens is 1. The summed E-state index contributed by atoms with van der Waals surface area (Å²) in [6.45, 7) is 0.362. The Morgan fingerprint density at radius 1 is 0.969 bits per heavy atom. The van der Waals surface area contributed by atoms with Crippen molar-refractivity contribution in [1.82, 2.24) is 0 Å². The summed E-state index contributed by atoms with van der Waals surface area (Å²) in [5.41, 5.74) is 2.32. The second-order valence-electron chi connectivity index (χ2n) is 7.11. The number of imide groups is 1. The van der Waals surface area contributed by atoms with E-state index in [1.165, 1.54) is 0 Å². The standard InChI is InChI=1S/C24H20ClN3O4/c1-32-21-10-9-15(25)13-20(21)26-12-11-22(29)27-16-5-4-6-17(14-16)28-23(30)18-7-2-3-8-19(18)24(28)31/h2-10,13-14,26H,11-12H2,1H3,(H,27,29).